The van der Waals surface area contributed by atoms with Gasteiger partial charge in [0.25, 0.3) is 5.91 Å². The Labute approximate surface area is 480 Å². The third-order valence-corrected chi connectivity index (χ3v) is 29.9. The molecule has 0 spiro atoms. The van der Waals surface area contributed by atoms with E-state index in [9.17, 15) is 29.8 Å². The minimum Gasteiger partial charge on any atom is -0.478 e. The van der Waals surface area contributed by atoms with Crippen LogP contribution in [0, 0.1) is 5.92 Å². The maximum absolute atomic E-state index is 15.2. The summed E-state index contributed by atoms with van der Waals surface area (Å²) in [7, 11) is 0. The van der Waals surface area contributed by atoms with Gasteiger partial charge in [0.2, 0.25) is 5.91 Å². The zero-order valence-electron chi connectivity index (χ0n) is 43.5. The molecule has 3 aromatic carbocycles. The summed E-state index contributed by atoms with van der Waals surface area (Å²) in [6.45, 7) is 33.3. The van der Waals surface area contributed by atoms with Crippen molar-refractivity contribution in [2.24, 2.45) is 0 Å². The molecule has 0 bridgehead atoms. The first-order valence-electron chi connectivity index (χ1n) is 23.8. The van der Waals surface area contributed by atoms with Crippen LogP contribution in [0.15, 0.2) is 58.7 Å². The molecule has 7 aliphatic rings. The van der Waals surface area contributed by atoms with Crippen LogP contribution in [0.2, 0.25) is 0 Å². The molecule has 7 heterocycles. The third-order valence-electron chi connectivity index (χ3n) is 12.9. The number of nitrogens with one attached hydrogen (secondary N) is 2. The molecule has 3 aromatic rings. The SMILES string of the molecule is CC1(C)Sc2c(c(C(=O)O)c3c(c2[C](c2c4c(c(C(=O)O)c5c2SC(C)(C)S5)SC(C)(C)S4)c2c4c(c(C(=O)NCC(=O)NC5CC(C)(C)N([O])C(C)(C)C5)c5c2SC(C)(C)S5)SC(C)(C)S4)SC(C)(C)S3)S1. The van der Waals surface area contributed by atoms with Gasteiger partial charge in [0.1, 0.15) is 0 Å². The largest absolute Gasteiger partial charge is 0.478 e. The molecule has 392 valence electrons. The number of carboxylic acids is 2. The fourth-order valence-electron chi connectivity index (χ4n) is 10.8. The van der Waals surface area contributed by atoms with Crippen LogP contribution in [-0.2, 0) is 10.0 Å². The van der Waals surface area contributed by atoms with Crippen molar-refractivity contribution >= 4 is 165 Å². The van der Waals surface area contributed by atoms with Gasteiger partial charge in [-0.05, 0) is 140 Å². The molecule has 2 radical (unpaired) electrons. The molecule has 7 aliphatic heterocycles. The first kappa shape index (κ1) is 56.0. The molecular weight excluding hydrogens is 1150 g/mol. The van der Waals surface area contributed by atoms with Gasteiger partial charge in [-0.15, -0.1) is 151 Å². The zero-order chi connectivity index (χ0) is 53.5. The van der Waals surface area contributed by atoms with Crippen molar-refractivity contribution in [2.75, 3.05) is 6.54 Å². The van der Waals surface area contributed by atoms with Crippen molar-refractivity contribution in [3.8, 4) is 0 Å². The predicted octanol–water partition coefficient (Wildman–Crippen LogP) is 15.9. The lowest BCUT2D eigenvalue weighted by atomic mass is 9.79. The number of hydrogen-bond acceptors (Lipinski definition) is 17. The molecule has 4 N–H and O–H groups in total. The number of nitrogens with zero attached hydrogens (tertiary/aromatic N) is 1. The van der Waals surface area contributed by atoms with Gasteiger partial charge >= 0.3 is 11.9 Å². The van der Waals surface area contributed by atoms with Gasteiger partial charge in [-0.3, -0.25) is 9.59 Å². The minimum absolute atomic E-state index is 0.240. The van der Waals surface area contributed by atoms with Crippen molar-refractivity contribution in [3.05, 3.63) is 39.3 Å². The molecule has 10 rings (SSSR count). The fourth-order valence-corrected chi connectivity index (χ4v) is 28.5. The van der Waals surface area contributed by atoms with E-state index in [1.54, 1.807) is 141 Å². The van der Waals surface area contributed by atoms with Crippen molar-refractivity contribution in [3.63, 3.8) is 0 Å². The van der Waals surface area contributed by atoms with Gasteiger partial charge in [0.05, 0.1) is 53.6 Å². The number of benzene rings is 3. The van der Waals surface area contributed by atoms with E-state index < -0.39 is 47.5 Å². The second-order valence-corrected chi connectivity index (χ2v) is 44.2. The van der Waals surface area contributed by atoms with Gasteiger partial charge in [-0.25, -0.2) is 9.59 Å². The summed E-state index contributed by atoms with van der Waals surface area (Å²) in [4.78, 5) is 66.7. The monoisotopic (exact) mass is 1210 g/mol. The fraction of sp³-hybridized carbons (Fsp3) is 0.549. The average Bonchev–Trinajstić information content (AvgIpc) is 4.03. The van der Waals surface area contributed by atoms with Gasteiger partial charge in [0.15, 0.2) is 0 Å². The summed E-state index contributed by atoms with van der Waals surface area (Å²) < 4.78 is -2.53. The molecule has 0 atom stereocenters. The maximum Gasteiger partial charge on any atom is 0.338 e. The number of carboxylic acid groups (broad SMARTS) is 2. The van der Waals surface area contributed by atoms with Crippen molar-refractivity contribution in [2.45, 2.75) is 224 Å². The Bertz CT molecular complexity index is 2750. The van der Waals surface area contributed by atoms with E-state index in [-0.39, 0.29) is 24.4 Å². The summed E-state index contributed by atoms with van der Waals surface area (Å²) in [6, 6.07) is -0.240. The van der Waals surface area contributed by atoms with Crippen molar-refractivity contribution in [1.82, 2.24) is 15.7 Å². The van der Waals surface area contributed by atoms with Gasteiger partial charge in [0, 0.05) is 75.9 Å². The van der Waals surface area contributed by atoms with Crippen LogP contribution >= 0.6 is 141 Å². The maximum atomic E-state index is 15.2. The summed E-state index contributed by atoms with van der Waals surface area (Å²) in [5, 5.41) is 42.9. The Morgan fingerprint density at radius 3 is 0.904 bits per heavy atom. The number of piperidine rings is 1. The quantitative estimate of drug-likeness (QED) is 0.150. The van der Waals surface area contributed by atoms with E-state index in [4.69, 9.17) is 0 Å². The Morgan fingerprint density at radius 1 is 0.425 bits per heavy atom. The van der Waals surface area contributed by atoms with Crippen molar-refractivity contribution < 1.29 is 34.6 Å². The van der Waals surface area contributed by atoms with Crippen LogP contribution in [0.5, 0.6) is 0 Å². The van der Waals surface area contributed by atoms with Gasteiger partial charge in [-0.1, -0.05) is 0 Å². The van der Waals surface area contributed by atoms with Crippen LogP contribution in [0.3, 0.4) is 0 Å². The number of aromatic carboxylic acids is 2. The van der Waals surface area contributed by atoms with Crippen molar-refractivity contribution in [1.29, 1.82) is 0 Å². The van der Waals surface area contributed by atoms with E-state index in [0.29, 0.717) is 29.5 Å². The van der Waals surface area contributed by atoms with E-state index in [1.165, 1.54) is 0 Å². The van der Waals surface area contributed by atoms with E-state index >= 15 is 4.79 Å². The number of hydroxylamine groups is 2. The Hall–Kier alpha value is -0.340. The lowest BCUT2D eigenvalue weighted by molar-refractivity contribution is -0.290. The molecule has 22 heteroatoms. The lowest BCUT2D eigenvalue weighted by Crippen LogP contribution is -2.62. The Balaban J connectivity index is 1.25. The first-order valence-corrected chi connectivity index (χ1v) is 33.6. The highest BCUT2D eigenvalue weighted by atomic mass is 32.2. The molecule has 1 saturated heterocycles. The summed E-state index contributed by atoms with van der Waals surface area (Å²) >= 11 is 19.9. The van der Waals surface area contributed by atoms with Crippen LogP contribution in [-0.4, -0.2) is 87.2 Å². The highest BCUT2D eigenvalue weighted by molar-refractivity contribution is 8.23. The third kappa shape index (κ3) is 9.98. The molecule has 2 amide bonds. The van der Waals surface area contributed by atoms with Crippen LogP contribution in [0.1, 0.15) is 171 Å². The number of amides is 2. The number of carbonyl (C=O) groups is 4. The molecule has 0 aliphatic carbocycles. The van der Waals surface area contributed by atoms with Crippen LogP contribution < -0.4 is 10.6 Å². The average molecular weight is 1210 g/mol. The highest BCUT2D eigenvalue weighted by Gasteiger charge is 2.54. The second kappa shape index (κ2) is 18.3. The van der Waals surface area contributed by atoms with E-state index in [2.05, 4.69) is 93.7 Å². The molecule has 0 aromatic heterocycles. The second-order valence-electron chi connectivity index (χ2n) is 23.1. The predicted molar refractivity (Wildman–Crippen MR) is 313 cm³/mol. The molecule has 1 fully saturated rings. The Morgan fingerprint density at radius 2 is 0.658 bits per heavy atom. The Kier molecular flexibility index (Phi) is 14.1. The topological polar surface area (TPSA) is 156 Å². The van der Waals surface area contributed by atoms with Crippen LogP contribution in [0.4, 0.5) is 0 Å². The molecule has 10 nitrogen and oxygen atoms in total. The van der Waals surface area contributed by atoms with Crippen LogP contribution in [0.25, 0.3) is 0 Å². The molecule has 0 saturated carbocycles. The number of fused-ring (bicyclic) bond motifs is 6. The highest BCUT2D eigenvalue weighted by Crippen LogP contribution is 2.74. The number of thioether (sulfide) groups is 12. The minimum atomic E-state index is -0.957. The summed E-state index contributed by atoms with van der Waals surface area (Å²) in [5.41, 5.74) is 2.78. The number of hydrogen-bond donors (Lipinski definition) is 4. The summed E-state index contributed by atoms with van der Waals surface area (Å²) in [5.74, 6) is -1.62. The van der Waals surface area contributed by atoms with Gasteiger partial charge in [-0.2, -0.15) is 0 Å². The van der Waals surface area contributed by atoms with E-state index in [1.807, 2.05) is 27.7 Å². The summed E-state index contributed by atoms with van der Waals surface area (Å²) in [6.07, 6.45) is 0.965. The normalized spacial score (nSPS) is 23.6. The smallest absolute Gasteiger partial charge is 0.338 e. The van der Waals surface area contributed by atoms with E-state index in [0.717, 1.165) is 86.4 Å². The molecule has 0 unspecified atom stereocenters. The lowest BCUT2D eigenvalue weighted by Gasteiger charge is -2.50. The molecule has 73 heavy (non-hydrogen) atoms. The number of carbonyl (C=O) groups excluding carboxylic acids is 2. The number of rotatable bonds is 9. The molecular formula is C51H59N3O7S12. The first-order chi connectivity index (χ1) is 33.4. The standard InChI is InChI=1S/C51H59N3O7S12/c1-44(2)17-20(18-45(3,4)54(44)61)53-21(55)19-52-41(56)26-35-29(62-46(5,6)68-35)23(30-36(26)69-47(7,8)63-30)22(24-31-37(70-48(9,10)64-31)27(42(57)58)38-32(24)65-49(11,12)71-38)25-33-39(72-50(13,14)66-33)28(43(59)60)40-34(25)67-51(15,16)73-40/h20H,17-19H2,1-16H3,(H,52,56)(H,53,55)(H,57,58)(H,59,60). The van der Waals surface area contributed by atoms with Gasteiger partial charge < -0.3 is 20.8 Å². The zero-order valence-corrected chi connectivity index (χ0v) is 53.3.